The molecule has 0 aromatic rings. The van der Waals surface area contributed by atoms with E-state index in [4.69, 9.17) is 9.47 Å². The van der Waals surface area contributed by atoms with E-state index in [1.165, 1.54) is 193 Å². The van der Waals surface area contributed by atoms with Crippen molar-refractivity contribution < 1.29 is 39.8 Å². The Labute approximate surface area is 369 Å². The van der Waals surface area contributed by atoms with Crippen LogP contribution >= 0.6 is 0 Å². The highest BCUT2D eigenvalue weighted by atomic mass is 16.7. The first-order chi connectivity index (χ1) is 29.3. The first kappa shape index (κ1) is 56.9. The fraction of sp³-hybridized carbons (Fsp3) is 0.941. The third kappa shape index (κ3) is 31.7. The van der Waals surface area contributed by atoms with E-state index in [9.17, 15) is 30.3 Å². The van der Waals surface area contributed by atoms with Crippen molar-refractivity contribution in [2.75, 3.05) is 13.2 Å². The van der Waals surface area contributed by atoms with Crippen LogP contribution in [-0.4, -0.2) is 87.5 Å². The Morgan fingerprint density at radius 3 is 1.30 bits per heavy atom. The molecule has 0 aromatic carbocycles. The van der Waals surface area contributed by atoms with Gasteiger partial charge in [0.05, 0.1) is 25.4 Å². The number of amides is 1. The SMILES string of the molecule is CCCCCCCC/C=C/C(O)C(COC1OC(CO)C(O)C(O)C1O)NC(=O)CCCCCCCCCCCCCCCCCCCCCCCCCCCCCCC. The van der Waals surface area contributed by atoms with Gasteiger partial charge < -0.3 is 40.3 Å². The van der Waals surface area contributed by atoms with Gasteiger partial charge in [0.25, 0.3) is 0 Å². The summed E-state index contributed by atoms with van der Waals surface area (Å²) in [5.41, 5.74) is 0. The average molecular weight is 854 g/mol. The number of unbranched alkanes of at least 4 members (excludes halogenated alkanes) is 34. The summed E-state index contributed by atoms with van der Waals surface area (Å²) in [5.74, 6) is -0.175. The minimum absolute atomic E-state index is 0.175. The third-order valence-electron chi connectivity index (χ3n) is 12.6. The predicted molar refractivity (Wildman–Crippen MR) is 249 cm³/mol. The van der Waals surface area contributed by atoms with Gasteiger partial charge in [0.15, 0.2) is 6.29 Å². The molecule has 1 rings (SSSR count). The fourth-order valence-electron chi connectivity index (χ4n) is 8.45. The maximum Gasteiger partial charge on any atom is 0.220 e. The lowest BCUT2D eigenvalue weighted by Gasteiger charge is -2.40. The predicted octanol–water partition coefficient (Wildman–Crippen LogP) is 11.7. The maximum atomic E-state index is 12.9. The van der Waals surface area contributed by atoms with Crippen LogP contribution in [0.15, 0.2) is 12.2 Å². The fourth-order valence-corrected chi connectivity index (χ4v) is 8.45. The summed E-state index contributed by atoms with van der Waals surface area (Å²) in [5, 5.41) is 54.0. The topological polar surface area (TPSA) is 149 Å². The molecule has 0 aromatic heterocycles. The van der Waals surface area contributed by atoms with E-state index in [1.807, 2.05) is 6.08 Å². The molecule has 356 valence electrons. The van der Waals surface area contributed by atoms with E-state index < -0.39 is 49.5 Å². The summed E-state index contributed by atoms with van der Waals surface area (Å²) in [6, 6.07) is -0.797. The first-order valence-electron chi connectivity index (χ1n) is 25.9. The highest BCUT2D eigenvalue weighted by Gasteiger charge is 2.44. The van der Waals surface area contributed by atoms with Crippen LogP contribution < -0.4 is 5.32 Å². The zero-order valence-electron chi connectivity index (χ0n) is 39.2. The molecule has 9 heteroatoms. The lowest BCUT2D eigenvalue weighted by Crippen LogP contribution is -2.60. The van der Waals surface area contributed by atoms with Crippen LogP contribution in [0.1, 0.15) is 251 Å². The molecule has 1 amide bonds. The molecule has 6 N–H and O–H groups in total. The van der Waals surface area contributed by atoms with Gasteiger partial charge in [-0.3, -0.25) is 4.79 Å². The van der Waals surface area contributed by atoms with Gasteiger partial charge in [0.1, 0.15) is 24.4 Å². The molecule has 7 unspecified atom stereocenters. The van der Waals surface area contributed by atoms with Gasteiger partial charge in [0.2, 0.25) is 5.91 Å². The van der Waals surface area contributed by atoms with Crippen LogP contribution in [0.25, 0.3) is 0 Å². The van der Waals surface area contributed by atoms with Crippen molar-refractivity contribution in [1.29, 1.82) is 0 Å². The summed E-state index contributed by atoms with van der Waals surface area (Å²) >= 11 is 0. The van der Waals surface area contributed by atoms with E-state index in [0.29, 0.717) is 6.42 Å². The number of allylic oxidation sites excluding steroid dienone is 1. The van der Waals surface area contributed by atoms with Crippen LogP contribution in [0.2, 0.25) is 0 Å². The van der Waals surface area contributed by atoms with Gasteiger partial charge in [-0.1, -0.05) is 238 Å². The molecule has 9 nitrogen and oxygen atoms in total. The Morgan fingerprint density at radius 1 is 0.550 bits per heavy atom. The summed E-state index contributed by atoms with van der Waals surface area (Å²) in [6.07, 6.45) is 43.1. The van der Waals surface area contributed by atoms with Crippen LogP contribution in [0.5, 0.6) is 0 Å². The molecule has 1 fully saturated rings. The lowest BCUT2D eigenvalue weighted by atomic mass is 9.99. The number of ether oxygens (including phenoxy) is 2. The lowest BCUT2D eigenvalue weighted by molar-refractivity contribution is -0.302. The number of carbonyl (C=O) groups excluding carboxylic acids is 1. The summed E-state index contributed by atoms with van der Waals surface area (Å²) in [6.45, 7) is 3.75. The molecule has 1 aliphatic heterocycles. The molecule has 0 aliphatic carbocycles. The van der Waals surface area contributed by atoms with Crippen molar-refractivity contribution in [3.05, 3.63) is 12.2 Å². The standard InChI is InChI=1S/C51H99NO8/c1-3-5-7-9-11-13-14-15-16-17-18-19-20-21-22-23-24-25-26-27-28-29-30-31-32-33-35-37-39-41-47(55)52-44(45(54)40-38-36-34-12-10-8-6-4-2)43-59-51-50(58)49(57)48(56)46(42-53)60-51/h38,40,44-46,48-51,53-54,56-58H,3-37,39,41-43H2,1-2H3,(H,52,55)/b40-38+. The summed E-state index contributed by atoms with van der Waals surface area (Å²) in [4.78, 5) is 12.9. The molecule has 0 spiro atoms. The summed E-state index contributed by atoms with van der Waals surface area (Å²) < 4.78 is 11.2. The Hall–Kier alpha value is -1.07. The molecular formula is C51H99NO8. The zero-order chi connectivity index (χ0) is 43.7. The smallest absolute Gasteiger partial charge is 0.220 e. The van der Waals surface area contributed by atoms with E-state index in [1.54, 1.807) is 6.08 Å². The Kier molecular flexibility index (Phi) is 39.8. The zero-order valence-corrected chi connectivity index (χ0v) is 39.2. The molecule has 1 aliphatic rings. The quantitative estimate of drug-likeness (QED) is 0.0262. The monoisotopic (exact) mass is 854 g/mol. The van der Waals surface area contributed by atoms with Gasteiger partial charge >= 0.3 is 0 Å². The Bertz CT molecular complexity index is 950. The first-order valence-corrected chi connectivity index (χ1v) is 25.9. The number of nitrogens with one attached hydrogen (secondary N) is 1. The number of aliphatic hydroxyl groups is 5. The molecular weight excluding hydrogens is 755 g/mol. The third-order valence-corrected chi connectivity index (χ3v) is 12.6. The van der Waals surface area contributed by atoms with Crippen molar-refractivity contribution >= 4 is 5.91 Å². The molecule has 1 saturated heterocycles. The number of hydrogen-bond acceptors (Lipinski definition) is 8. The van der Waals surface area contributed by atoms with Crippen LogP contribution in [0.3, 0.4) is 0 Å². The second kappa shape index (κ2) is 41.9. The number of carbonyl (C=O) groups is 1. The van der Waals surface area contributed by atoms with Crippen molar-refractivity contribution in [2.45, 2.75) is 294 Å². The largest absolute Gasteiger partial charge is 0.394 e. The maximum absolute atomic E-state index is 12.9. The second-order valence-corrected chi connectivity index (χ2v) is 18.3. The Balaban J connectivity index is 2.08. The highest BCUT2D eigenvalue weighted by molar-refractivity contribution is 5.76. The highest BCUT2D eigenvalue weighted by Crippen LogP contribution is 2.23. The van der Waals surface area contributed by atoms with Gasteiger partial charge in [0, 0.05) is 6.42 Å². The molecule has 7 atom stereocenters. The van der Waals surface area contributed by atoms with Gasteiger partial charge in [-0.15, -0.1) is 0 Å². The number of aliphatic hydroxyl groups excluding tert-OH is 5. The molecule has 0 saturated carbocycles. The number of hydrogen-bond donors (Lipinski definition) is 6. The van der Waals surface area contributed by atoms with Gasteiger partial charge in [-0.25, -0.2) is 0 Å². The van der Waals surface area contributed by atoms with Crippen molar-refractivity contribution in [1.82, 2.24) is 5.32 Å². The molecule has 0 bridgehead atoms. The van der Waals surface area contributed by atoms with Gasteiger partial charge in [-0.2, -0.15) is 0 Å². The Morgan fingerprint density at radius 2 is 0.917 bits per heavy atom. The minimum atomic E-state index is -1.56. The van der Waals surface area contributed by atoms with E-state index in [2.05, 4.69) is 19.2 Å². The van der Waals surface area contributed by atoms with E-state index in [-0.39, 0.29) is 12.5 Å². The molecule has 0 radical (unpaired) electrons. The number of rotatable bonds is 44. The molecule has 60 heavy (non-hydrogen) atoms. The normalized spacial score (nSPS) is 20.6. The van der Waals surface area contributed by atoms with E-state index >= 15 is 0 Å². The van der Waals surface area contributed by atoms with Crippen LogP contribution in [0, 0.1) is 0 Å². The van der Waals surface area contributed by atoms with Crippen LogP contribution in [-0.2, 0) is 14.3 Å². The van der Waals surface area contributed by atoms with E-state index in [0.717, 1.165) is 38.5 Å². The second-order valence-electron chi connectivity index (χ2n) is 18.3. The van der Waals surface area contributed by atoms with Gasteiger partial charge in [-0.05, 0) is 19.3 Å². The van der Waals surface area contributed by atoms with Crippen molar-refractivity contribution in [2.24, 2.45) is 0 Å². The average Bonchev–Trinajstić information content (AvgIpc) is 3.25. The molecule has 1 heterocycles. The van der Waals surface area contributed by atoms with Crippen molar-refractivity contribution in [3.63, 3.8) is 0 Å². The minimum Gasteiger partial charge on any atom is -0.394 e. The van der Waals surface area contributed by atoms with Crippen LogP contribution in [0.4, 0.5) is 0 Å². The summed E-state index contributed by atoms with van der Waals surface area (Å²) in [7, 11) is 0. The van der Waals surface area contributed by atoms with Crippen molar-refractivity contribution in [3.8, 4) is 0 Å².